The standard InChI is InChI=1S/C21H27FN2O3/c1-26-19-6-4-5-17(13-19)15-27-16-18(25)14-23-9-11-24(12-10-23)21-8-3-2-7-20(21)22/h2-8,13,18,25H,9-12,14-16H2,1H3/t18-/m0/s1. The molecular formula is C21H27FN2O3. The molecule has 0 spiro atoms. The highest BCUT2D eigenvalue weighted by atomic mass is 19.1. The highest BCUT2D eigenvalue weighted by Gasteiger charge is 2.21. The quantitative estimate of drug-likeness (QED) is 0.769. The van der Waals surface area contributed by atoms with Crippen LogP contribution in [-0.4, -0.2) is 62.6 Å². The lowest BCUT2D eigenvalue weighted by Gasteiger charge is -2.36. The summed E-state index contributed by atoms with van der Waals surface area (Å²) < 4.78 is 24.7. The molecule has 2 aromatic carbocycles. The van der Waals surface area contributed by atoms with Crippen LogP contribution in [0.1, 0.15) is 5.56 Å². The number of ether oxygens (including phenoxy) is 2. The summed E-state index contributed by atoms with van der Waals surface area (Å²) in [5.41, 5.74) is 1.67. The lowest BCUT2D eigenvalue weighted by Crippen LogP contribution is -2.49. The third-order valence-corrected chi connectivity index (χ3v) is 4.75. The molecule has 3 rings (SSSR count). The van der Waals surface area contributed by atoms with Gasteiger partial charge in [-0.15, -0.1) is 0 Å². The number of rotatable bonds is 8. The topological polar surface area (TPSA) is 45.2 Å². The SMILES string of the molecule is COc1cccc(COC[C@@H](O)CN2CCN(c3ccccc3F)CC2)c1. The number of piperazine rings is 1. The molecule has 0 unspecified atom stereocenters. The van der Waals surface area contributed by atoms with Crippen LogP contribution < -0.4 is 9.64 Å². The van der Waals surface area contributed by atoms with E-state index >= 15 is 0 Å². The van der Waals surface area contributed by atoms with E-state index in [1.807, 2.05) is 36.4 Å². The molecule has 1 heterocycles. The van der Waals surface area contributed by atoms with Crippen molar-refractivity contribution in [3.8, 4) is 5.75 Å². The van der Waals surface area contributed by atoms with Crippen LogP contribution in [0.25, 0.3) is 0 Å². The Bertz CT molecular complexity index is 720. The molecule has 27 heavy (non-hydrogen) atoms. The van der Waals surface area contributed by atoms with Gasteiger partial charge in [-0.2, -0.15) is 0 Å². The van der Waals surface area contributed by atoms with Crippen LogP contribution in [0.2, 0.25) is 0 Å². The molecule has 1 N–H and O–H groups in total. The van der Waals surface area contributed by atoms with Crippen molar-refractivity contribution < 1.29 is 19.0 Å². The first-order chi connectivity index (χ1) is 13.2. The zero-order valence-corrected chi connectivity index (χ0v) is 15.7. The van der Waals surface area contributed by atoms with Gasteiger partial charge in [-0.1, -0.05) is 24.3 Å². The van der Waals surface area contributed by atoms with Crippen LogP contribution in [0, 0.1) is 5.82 Å². The highest BCUT2D eigenvalue weighted by molar-refractivity contribution is 5.48. The van der Waals surface area contributed by atoms with E-state index in [0.717, 1.165) is 37.5 Å². The number of aliphatic hydroxyl groups excluding tert-OH is 1. The molecule has 0 aromatic heterocycles. The van der Waals surface area contributed by atoms with Gasteiger partial charge in [0.15, 0.2) is 0 Å². The van der Waals surface area contributed by atoms with Gasteiger partial charge in [0.05, 0.1) is 32.1 Å². The van der Waals surface area contributed by atoms with Gasteiger partial charge < -0.3 is 19.5 Å². The summed E-state index contributed by atoms with van der Waals surface area (Å²) in [7, 11) is 1.63. The molecule has 0 bridgehead atoms. The number of nitrogens with zero attached hydrogens (tertiary/aromatic N) is 2. The molecule has 146 valence electrons. The first kappa shape index (κ1) is 19.6. The molecule has 1 saturated heterocycles. The summed E-state index contributed by atoms with van der Waals surface area (Å²) >= 11 is 0. The second-order valence-corrected chi connectivity index (χ2v) is 6.76. The number of halogens is 1. The van der Waals surface area contributed by atoms with E-state index in [-0.39, 0.29) is 12.4 Å². The summed E-state index contributed by atoms with van der Waals surface area (Å²) in [6.45, 7) is 4.36. The van der Waals surface area contributed by atoms with E-state index < -0.39 is 6.10 Å². The Kier molecular flexibility index (Phi) is 7.04. The molecule has 1 atom stereocenters. The minimum Gasteiger partial charge on any atom is -0.497 e. The van der Waals surface area contributed by atoms with Crippen LogP contribution in [0.4, 0.5) is 10.1 Å². The van der Waals surface area contributed by atoms with Gasteiger partial charge in [-0.3, -0.25) is 4.90 Å². The summed E-state index contributed by atoms with van der Waals surface area (Å²) in [5.74, 6) is 0.612. The largest absolute Gasteiger partial charge is 0.497 e. The Morgan fingerprint density at radius 2 is 1.85 bits per heavy atom. The number of para-hydroxylation sites is 1. The molecule has 1 fully saturated rings. The summed E-state index contributed by atoms with van der Waals surface area (Å²) in [4.78, 5) is 4.24. The van der Waals surface area contributed by atoms with Crippen LogP contribution in [0.3, 0.4) is 0 Å². The van der Waals surface area contributed by atoms with Crippen molar-refractivity contribution in [2.75, 3.05) is 51.3 Å². The average Bonchev–Trinajstić information content (AvgIpc) is 2.69. The fourth-order valence-corrected chi connectivity index (χ4v) is 3.31. The molecular weight excluding hydrogens is 347 g/mol. The number of benzene rings is 2. The van der Waals surface area contributed by atoms with E-state index in [1.165, 1.54) is 6.07 Å². The smallest absolute Gasteiger partial charge is 0.146 e. The van der Waals surface area contributed by atoms with Crippen molar-refractivity contribution in [1.29, 1.82) is 0 Å². The Morgan fingerprint density at radius 3 is 2.59 bits per heavy atom. The normalized spacial score (nSPS) is 16.3. The first-order valence-electron chi connectivity index (χ1n) is 9.26. The maximum Gasteiger partial charge on any atom is 0.146 e. The number of aliphatic hydroxyl groups is 1. The molecule has 0 amide bonds. The Labute approximate surface area is 159 Å². The average molecular weight is 374 g/mol. The van der Waals surface area contributed by atoms with Crippen molar-refractivity contribution in [1.82, 2.24) is 4.90 Å². The number of β-amino-alcohol motifs (C(OH)–C–C–N with tert-alkyl or cyclic N) is 1. The number of anilines is 1. The Hall–Kier alpha value is -2.15. The lowest BCUT2D eigenvalue weighted by molar-refractivity contribution is 0.00909. The molecule has 6 heteroatoms. The first-order valence-corrected chi connectivity index (χ1v) is 9.26. The van der Waals surface area contributed by atoms with Gasteiger partial charge in [0.25, 0.3) is 0 Å². The van der Waals surface area contributed by atoms with E-state index in [9.17, 15) is 9.50 Å². The van der Waals surface area contributed by atoms with Crippen LogP contribution in [0.5, 0.6) is 5.75 Å². The molecule has 5 nitrogen and oxygen atoms in total. The van der Waals surface area contributed by atoms with Gasteiger partial charge in [0.1, 0.15) is 11.6 Å². The van der Waals surface area contributed by atoms with Gasteiger partial charge in [-0.05, 0) is 29.8 Å². The van der Waals surface area contributed by atoms with Crippen LogP contribution >= 0.6 is 0 Å². The molecule has 2 aromatic rings. The summed E-state index contributed by atoms with van der Waals surface area (Å²) in [5, 5.41) is 10.2. The zero-order chi connectivity index (χ0) is 19.1. The van der Waals surface area contributed by atoms with Crippen molar-refractivity contribution in [2.45, 2.75) is 12.7 Å². The van der Waals surface area contributed by atoms with Crippen molar-refractivity contribution in [2.24, 2.45) is 0 Å². The van der Waals surface area contributed by atoms with E-state index in [1.54, 1.807) is 13.2 Å². The molecule has 1 aliphatic heterocycles. The fourth-order valence-electron chi connectivity index (χ4n) is 3.31. The molecule has 0 aliphatic carbocycles. The Balaban J connectivity index is 1.38. The monoisotopic (exact) mass is 374 g/mol. The molecule has 0 saturated carbocycles. The van der Waals surface area contributed by atoms with Gasteiger partial charge in [0, 0.05) is 32.7 Å². The third-order valence-electron chi connectivity index (χ3n) is 4.75. The van der Waals surface area contributed by atoms with E-state index in [4.69, 9.17) is 9.47 Å². The molecule has 0 radical (unpaired) electrons. The highest BCUT2D eigenvalue weighted by Crippen LogP contribution is 2.20. The second kappa shape index (κ2) is 9.69. The maximum absolute atomic E-state index is 13.9. The summed E-state index contributed by atoms with van der Waals surface area (Å²) in [6.07, 6.45) is -0.546. The van der Waals surface area contributed by atoms with Gasteiger partial charge in [-0.25, -0.2) is 4.39 Å². The molecule has 1 aliphatic rings. The van der Waals surface area contributed by atoms with Crippen LogP contribution in [-0.2, 0) is 11.3 Å². The summed E-state index contributed by atoms with van der Waals surface area (Å²) in [6, 6.07) is 14.6. The lowest BCUT2D eigenvalue weighted by atomic mass is 10.2. The van der Waals surface area contributed by atoms with E-state index in [0.29, 0.717) is 18.8 Å². The number of hydrogen-bond acceptors (Lipinski definition) is 5. The maximum atomic E-state index is 13.9. The van der Waals surface area contributed by atoms with Gasteiger partial charge in [0.2, 0.25) is 0 Å². The fraction of sp³-hybridized carbons (Fsp3) is 0.429. The van der Waals surface area contributed by atoms with Crippen molar-refractivity contribution in [3.63, 3.8) is 0 Å². The van der Waals surface area contributed by atoms with Crippen molar-refractivity contribution in [3.05, 3.63) is 59.9 Å². The van der Waals surface area contributed by atoms with E-state index in [2.05, 4.69) is 9.80 Å². The van der Waals surface area contributed by atoms with Crippen LogP contribution in [0.15, 0.2) is 48.5 Å². The predicted octanol–water partition coefficient (Wildman–Crippen LogP) is 2.53. The minimum absolute atomic E-state index is 0.183. The number of methoxy groups -OCH3 is 1. The third kappa shape index (κ3) is 5.66. The zero-order valence-electron chi connectivity index (χ0n) is 15.7. The second-order valence-electron chi connectivity index (χ2n) is 6.76. The minimum atomic E-state index is -0.546. The predicted molar refractivity (Wildman–Crippen MR) is 104 cm³/mol. The van der Waals surface area contributed by atoms with Gasteiger partial charge >= 0.3 is 0 Å². The Morgan fingerprint density at radius 1 is 1.07 bits per heavy atom. The van der Waals surface area contributed by atoms with Crippen molar-refractivity contribution >= 4 is 5.69 Å². The number of hydrogen-bond donors (Lipinski definition) is 1.